The van der Waals surface area contributed by atoms with Crippen LogP contribution in [-0.4, -0.2) is 222 Å². The van der Waals surface area contributed by atoms with Gasteiger partial charge < -0.3 is 78.6 Å². The fourth-order valence-corrected chi connectivity index (χ4v) is 12.3. The van der Waals surface area contributed by atoms with Crippen molar-refractivity contribution < 1.29 is 82.2 Å². The van der Waals surface area contributed by atoms with Gasteiger partial charge in [0, 0.05) is 93.5 Å². The number of aliphatic hydroxyl groups excluding tert-OH is 3. The van der Waals surface area contributed by atoms with Crippen molar-refractivity contribution in [2.75, 3.05) is 58.2 Å². The number of nitrogens with zero attached hydrogens (tertiary/aromatic N) is 3. The molecule has 0 aliphatic carbocycles. The lowest BCUT2D eigenvalue weighted by molar-refractivity contribution is -0.144. The number of hydrogen-bond acceptors (Lipinski definition) is 18. The van der Waals surface area contributed by atoms with E-state index in [4.69, 9.17) is 5.73 Å². The van der Waals surface area contributed by atoms with Crippen LogP contribution in [0.1, 0.15) is 76.8 Å². The number of primary amides is 1. The zero-order chi connectivity index (χ0) is 62.0. The molecule has 1 aromatic heterocycles. The minimum Gasteiger partial charge on any atom is -0.508 e. The number of rotatable bonds is 17. The molecule has 5 aliphatic rings. The summed E-state index contributed by atoms with van der Waals surface area (Å²) in [5.41, 5.74) is 6.05. The van der Waals surface area contributed by atoms with Crippen molar-refractivity contribution in [3.63, 3.8) is 0 Å². The Morgan fingerprint density at radius 1 is 0.812 bits per heavy atom. The highest BCUT2D eigenvalue weighted by molar-refractivity contribution is 7.85. The highest BCUT2D eigenvalue weighted by atomic mass is 32.2. The molecule has 0 saturated carbocycles. The van der Waals surface area contributed by atoms with E-state index in [1.165, 1.54) is 31.2 Å². The molecule has 1 unspecified atom stereocenters. The molecule has 2 bridgehead atoms. The number of imide groups is 1. The van der Waals surface area contributed by atoms with Crippen molar-refractivity contribution in [3.05, 3.63) is 35.4 Å². The number of hydrogen-bond donors (Lipinski definition) is 14. The van der Waals surface area contributed by atoms with Gasteiger partial charge in [0.2, 0.25) is 59.1 Å². The molecule has 7 rings (SSSR count). The van der Waals surface area contributed by atoms with Crippen molar-refractivity contribution in [2.45, 2.75) is 132 Å². The van der Waals surface area contributed by atoms with Crippen LogP contribution in [0.5, 0.6) is 5.75 Å². The smallest absolute Gasteiger partial charge is 0.253 e. The molecule has 1 aromatic carbocycles. The summed E-state index contributed by atoms with van der Waals surface area (Å²) in [4.78, 5) is 170. The van der Waals surface area contributed by atoms with Gasteiger partial charge in [-0.1, -0.05) is 33.6 Å². The lowest BCUT2D eigenvalue weighted by Gasteiger charge is -2.39. The molecule has 0 spiro atoms. The largest absolute Gasteiger partial charge is 0.508 e. The number of H-pyrrole nitrogens is 1. The van der Waals surface area contributed by atoms with Crippen LogP contribution in [-0.2, 0) is 81.3 Å². The van der Waals surface area contributed by atoms with Crippen LogP contribution in [0, 0.1) is 17.8 Å². The normalized spacial score (nSPS) is 26.4. The minimum absolute atomic E-state index is 0.00454. The maximum atomic E-state index is 15.2. The highest BCUT2D eigenvalue weighted by Gasteiger charge is 2.45. The highest BCUT2D eigenvalue weighted by Crippen LogP contribution is 2.36. The number of nitrogens with one attached hydrogen (secondary N) is 9. The summed E-state index contributed by atoms with van der Waals surface area (Å²) in [5.74, 6) is -13.4. The number of nitrogens with two attached hydrogens (primary N) is 1. The summed E-state index contributed by atoms with van der Waals surface area (Å²) in [5, 5.41) is 63.6. The second kappa shape index (κ2) is 28.8. The molecule has 85 heavy (non-hydrogen) atoms. The van der Waals surface area contributed by atoms with Crippen LogP contribution in [0.3, 0.4) is 0 Å². The first-order valence-corrected chi connectivity index (χ1v) is 29.6. The average Bonchev–Trinajstić information content (AvgIpc) is 2.16. The van der Waals surface area contributed by atoms with Gasteiger partial charge in [-0.15, -0.1) is 0 Å². The Morgan fingerprint density at radius 3 is 2.16 bits per heavy atom. The molecule has 11 atom stereocenters. The summed E-state index contributed by atoms with van der Waals surface area (Å²) in [6.45, 7) is 3.13. The first kappa shape index (κ1) is 64.7. The Labute approximate surface area is 490 Å². The number of likely N-dealkylation sites (tertiary alicyclic amines) is 1. The Bertz CT molecular complexity index is 2990. The number of carbonyl (C=O) groups excluding carboxylic acids is 12. The number of benzene rings is 1. The lowest BCUT2D eigenvalue weighted by Crippen LogP contribution is -2.62. The van der Waals surface area contributed by atoms with Crippen LogP contribution in [0.4, 0.5) is 0 Å². The number of phenols is 1. The SMILES string of the molecule is CC[C@H](C)[C@@H]1NC(=O)CNC(=O)[C@H]2Cc3c([nH]c4c(CN5CC(CNC(=O)CCCCCN6C(=O)C=CC6=O)C5)c(O)ccc34)S(=O)C[C@@H](NC(=O)CNC1=O)C(=O)N[C@@H](CC(N)=O)C(=O)N1C[C@H](O)C[C@H]1C(=O)N[C@@H]([C@H](C)[C@H](O)CO)C(=O)N2. The molecule has 2 saturated heterocycles. The van der Waals surface area contributed by atoms with Gasteiger partial charge >= 0.3 is 0 Å². The topological polar surface area (TPSA) is 451 Å². The first-order valence-electron chi connectivity index (χ1n) is 28.2. The van der Waals surface area contributed by atoms with E-state index in [1.54, 1.807) is 13.8 Å². The van der Waals surface area contributed by atoms with Crippen molar-refractivity contribution in [2.24, 2.45) is 23.5 Å². The van der Waals surface area contributed by atoms with E-state index in [-0.39, 0.29) is 76.0 Å². The zero-order valence-corrected chi connectivity index (χ0v) is 48.1. The number of unbranched alkanes of at least 4 members (excludes halogenated alkanes) is 2. The van der Waals surface area contributed by atoms with Crippen LogP contribution < -0.4 is 48.3 Å². The maximum Gasteiger partial charge on any atom is 0.253 e. The van der Waals surface area contributed by atoms with Gasteiger partial charge in [-0.2, -0.15) is 0 Å². The van der Waals surface area contributed by atoms with E-state index in [2.05, 4.69) is 47.5 Å². The Hall–Kier alpha value is -7.87. The summed E-state index contributed by atoms with van der Waals surface area (Å²) in [6.07, 6.45) is -0.326. The number of phenolic OH excluding ortho intramolecular Hbond substituents is 1. The van der Waals surface area contributed by atoms with Crippen LogP contribution in [0.2, 0.25) is 0 Å². The van der Waals surface area contributed by atoms with Crippen LogP contribution in [0.15, 0.2) is 29.3 Å². The van der Waals surface area contributed by atoms with Crippen molar-refractivity contribution >= 4 is 92.6 Å². The molecule has 6 heterocycles. The summed E-state index contributed by atoms with van der Waals surface area (Å²) >= 11 is 0. The van der Waals surface area contributed by atoms with E-state index < -0.39 is 176 Å². The second-order valence-electron chi connectivity index (χ2n) is 22.2. The molecular formula is C54H75N13O17S. The number of aliphatic hydroxyl groups is 3. The van der Waals surface area contributed by atoms with Gasteiger partial charge in [0.25, 0.3) is 11.8 Å². The fourth-order valence-electron chi connectivity index (χ4n) is 10.9. The van der Waals surface area contributed by atoms with E-state index in [0.717, 1.165) is 9.80 Å². The van der Waals surface area contributed by atoms with Gasteiger partial charge in [0.1, 0.15) is 47.0 Å². The zero-order valence-electron chi connectivity index (χ0n) is 47.3. The second-order valence-corrected chi connectivity index (χ2v) is 23.7. The van der Waals surface area contributed by atoms with Crippen molar-refractivity contribution in [1.29, 1.82) is 0 Å². The van der Waals surface area contributed by atoms with Crippen molar-refractivity contribution in [1.82, 2.24) is 62.2 Å². The number of amides is 12. The molecule has 2 aromatic rings. The molecular weight excluding hydrogens is 1130 g/mol. The summed E-state index contributed by atoms with van der Waals surface area (Å²) in [6, 6.07) is -7.52. The molecule has 0 radical (unpaired) electrons. The number of carbonyl (C=O) groups is 12. The number of aromatic nitrogens is 1. The number of aromatic hydroxyl groups is 1. The molecule has 464 valence electrons. The molecule has 30 nitrogen and oxygen atoms in total. The Kier molecular flexibility index (Phi) is 21.9. The number of aromatic amines is 1. The van der Waals surface area contributed by atoms with Gasteiger partial charge in [0.05, 0.1) is 60.4 Å². The molecule has 15 N–H and O–H groups in total. The van der Waals surface area contributed by atoms with Gasteiger partial charge in [-0.05, 0) is 36.5 Å². The third-order valence-corrected chi connectivity index (χ3v) is 17.4. The Morgan fingerprint density at radius 2 is 1.49 bits per heavy atom. The lowest BCUT2D eigenvalue weighted by atomic mass is 9.93. The molecule has 2 fully saturated rings. The van der Waals surface area contributed by atoms with Crippen LogP contribution in [0.25, 0.3) is 10.9 Å². The van der Waals surface area contributed by atoms with E-state index in [9.17, 15) is 78.0 Å². The van der Waals surface area contributed by atoms with Crippen molar-refractivity contribution in [3.8, 4) is 5.75 Å². The van der Waals surface area contributed by atoms with Crippen LogP contribution >= 0.6 is 0 Å². The maximum absolute atomic E-state index is 15.2. The summed E-state index contributed by atoms with van der Waals surface area (Å²) in [7, 11) is -2.50. The van der Waals surface area contributed by atoms with E-state index in [1.807, 2.05) is 4.90 Å². The molecule has 5 aliphatic heterocycles. The fraction of sp³-hybridized carbons (Fsp3) is 0.593. The average molecular weight is 1210 g/mol. The van der Waals surface area contributed by atoms with Gasteiger partial charge in [-0.25, -0.2) is 0 Å². The molecule has 31 heteroatoms. The van der Waals surface area contributed by atoms with Gasteiger partial charge in [-0.3, -0.25) is 71.5 Å². The van der Waals surface area contributed by atoms with E-state index in [0.29, 0.717) is 45.3 Å². The number of fused-ring (bicyclic) bond motifs is 5. The Balaban J connectivity index is 1.26. The summed E-state index contributed by atoms with van der Waals surface area (Å²) < 4.78 is 15.2. The monoisotopic (exact) mass is 1210 g/mol. The predicted octanol–water partition coefficient (Wildman–Crippen LogP) is -5.89. The first-order chi connectivity index (χ1) is 40.4. The van der Waals surface area contributed by atoms with E-state index >= 15 is 4.21 Å². The minimum atomic E-state index is -2.50. The third-order valence-electron chi connectivity index (χ3n) is 16.0. The third kappa shape index (κ3) is 16.1. The molecule has 12 amide bonds. The quantitative estimate of drug-likeness (QED) is 0.0518. The standard InChI is InChI=1S/C54H75N13O17S/c1-4-26(2)45-51(81)58-18-41(74)59-35-25-85(84)53-31(30-9-10-37(70)32(47(30)64-53)23-65-20-28(21-65)17-56-40(73)8-6-5-7-13-66-43(76)11-12-44(66)77)15-33(48(78)57-19-42(75)62-45)60-52(82)46(27(3)38(71)24-68)63-50(80)36-14-29(69)22-67(36)54(83)34(16-39(55)72)61-49(35)79/h9-12,26-29,33-36,38,45-46,64,68-71H,4-8,13-25H2,1-3H3,(H2,55,72)(H,56,73)(H,57,78)(H,58,81)(H,59,74)(H,60,82)(H,61,79)(H,62,75)(H,63,80)/t26-,27+,29+,33+,34-,35+,36-,38+,45-,46-,85?/m0/s1. The van der Waals surface area contributed by atoms with Gasteiger partial charge in [0.15, 0.2) is 0 Å². The predicted molar refractivity (Wildman–Crippen MR) is 298 cm³/mol.